The molecule has 0 bridgehead atoms. The predicted octanol–water partition coefficient (Wildman–Crippen LogP) is 3.28. The molecule has 3 N–H and O–H groups in total. The number of carbonyl (C=O) groups is 1. The first-order valence-electron chi connectivity index (χ1n) is 9.57. The molecule has 0 spiro atoms. The Morgan fingerprint density at radius 2 is 1.57 bits per heavy atom. The van der Waals surface area contributed by atoms with E-state index in [0.717, 1.165) is 11.1 Å². The summed E-state index contributed by atoms with van der Waals surface area (Å²) >= 11 is 0. The molecule has 1 atom stereocenters. The van der Waals surface area contributed by atoms with Crippen molar-refractivity contribution < 1.29 is 19.8 Å². The number of nitrogens with two attached hydrogens (primary N) is 1. The number of ether oxygens (including phenoxy) is 1. The summed E-state index contributed by atoms with van der Waals surface area (Å²) in [4.78, 5) is 23.7. The summed E-state index contributed by atoms with van der Waals surface area (Å²) in [7, 11) is 1.43. The van der Waals surface area contributed by atoms with E-state index in [1.165, 1.54) is 19.2 Å². The van der Waals surface area contributed by atoms with Gasteiger partial charge in [0.2, 0.25) is 0 Å². The zero-order valence-corrected chi connectivity index (χ0v) is 16.8. The molecule has 1 amide bonds. The molecule has 3 rings (SSSR count). The highest BCUT2D eigenvalue weighted by Crippen LogP contribution is 2.29. The number of carbonyl (C=O) groups excluding carboxylic acids is 1. The molecule has 0 aliphatic rings. The van der Waals surface area contributed by atoms with Crippen molar-refractivity contribution in [1.82, 2.24) is 0 Å². The molecule has 0 aliphatic heterocycles. The third kappa shape index (κ3) is 5.01. The summed E-state index contributed by atoms with van der Waals surface area (Å²) in [6.07, 6.45) is 0. The van der Waals surface area contributed by atoms with Gasteiger partial charge < -0.3 is 15.4 Å². The van der Waals surface area contributed by atoms with E-state index in [1.54, 1.807) is 13.0 Å². The van der Waals surface area contributed by atoms with E-state index in [-0.39, 0.29) is 23.3 Å². The van der Waals surface area contributed by atoms with Gasteiger partial charge in [0, 0.05) is 11.1 Å². The van der Waals surface area contributed by atoms with Crippen LogP contribution in [-0.2, 0) is 4.79 Å². The van der Waals surface area contributed by atoms with Crippen LogP contribution in [0.5, 0.6) is 5.75 Å². The van der Waals surface area contributed by atoms with Crippen LogP contribution in [0.1, 0.15) is 24.1 Å². The van der Waals surface area contributed by atoms with Crippen LogP contribution >= 0.6 is 0 Å². The summed E-state index contributed by atoms with van der Waals surface area (Å²) in [5.41, 5.74) is 2.07. The summed E-state index contributed by atoms with van der Waals surface area (Å²) in [5, 5.41) is 16.0. The standard InChI is InChI=1S/C23H23N3O4/c1-16(23(27)25-20-14-13-19(30-2)15-21(20)26(28)29)24-22(17-9-5-3-6-10-17)18-11-7-4-8-12-18/h3-16,22,24H,1-2H3,(H,25,27)/p+1/t16-/m0/s1. The van der Waals surface area contributed by atoms with Crippen LogP contribution in [-0.4, -0.2) is 24.0 Å². The number of hydrogen-bond acceptors (Lipinski definition) is 4. The van der Waals surface area contributed by atoms with Gasteiger partial charge in [0.25, 0.3) is 11.6 Å². The van der Waals surface area contributed by atoms with E-state index in [0.29, 0.717) is 5.75 Å². The average molecular weight is 406 g/mol. The minimum absolute atomic E-state index is 0.0843. The van der Waals surface area contributed by atoms with Crippen molar-refractivity contribution in [2.45, 2.75) is 19.0 Å². The molecule has 0 aromatic heterocycles. The minimum Gasteiger partial charge on any atom is -0.496 e. The van der Waals surface area contributed by atoms with Gasteiger partial charge >= 0.3 is 0 Å². The molecule has 7 heteroatoms. The molecule has 0 saturated heterocycles. The molecule has 0 saturated carbocycles. The quantitative estimate of drug-likeness (QED) is 0.443. The van der Waals surface area contributed by atoms with Gasteiger partial charge in [-0.15, -0.1) is 0 Å². The van der Waals surface area contributed by atoms with E-state index in [2.05, 4.69) is 5.32 Å². The van der Waals surface area contributed by atoms with Gasteiger partial charge in [-0.05, 0) is 19.1 Å². The molecule has 3 aromatic rings. The normalized spacial score (nSPS) is 11.7. The molecule has 0 unspecified atom stereocenters. The molecule has 0 heterocycles. The van der Waals surface area contributed by atoms with Crippen LogP contribution in [0, 0.1) is 10.1 Å². The monoisotopic (exact) mass is 406 g/mol. The number of nitro groups is 1. The number of nitro benzene ring substituents is 1. The van der Waals surface area contributed by atoms with Crippen molar-refractivity contribution in [3.63, 3.8) is 0 Å². The Hall–Kier alpha value is -3.71. The first-order chi connectivity index (χ1) is 14.5. The SMILES string of the molecule is COc1ccc(NC(=O)[C@H](C)[NH2+]C(c2ccccc2)c2ccccc2)c([N+](=O)[O-])c1. The van der Waals surface area contributed by atoms with Gasteiger partial charge in [-0.2, -0.15) is 0 Å². The topological polar surface area (TPSA) is 98.1 Å². The van der Waals surface area contributed by atoms with Crippen molar-refractivity contribution in [1.29, 1.82) is 0 Å². The highest BCUT2D eigenvalue weighted by atomic mass is 16.6. The number of quaternary nitrogens is 1. The van der Waals surface area contributed by atoms with Crippen molar-refractivity contribution >= 4 is 17.3 Å². The Bertz CT molecular complexity index is 970. The summed E-state index contributed by atoms with van der Waals surface area (Å²) < 4.78 is 5.04. The highest BCUT2D eigenvalue weighted by molar-refractivity contribution is 5.95. The molecule has 30 heavy (non-hydrogen) atoms. The molecule has 0 fully saturated rings. The third-order valence-corrected chi connectivity index (χ3v) is 4.87. The lowest BCUT2D eigenvalue weighted by molar-refractivity contribution is -0.704. The Kier molecular flexibility index (Phi) is 6.77. The van der Waals surface area contributed by atoms with Gasteiger partial charge in [0.1, 0.15) is 17.5 Å². The van der Waals surface area contributed by atoms with Crippen molar-refractivity contribution in [3.8, 4) is 5.75 Å². The summed E-state index contributed by atoms with van der Waals surface area (Å²) in [6, 6.07) is 23.6. The summed E-state index contributed by atoms with van der Waals surface area (Å²) in [6.45, 7) is 1.78. The number of amides is 1. The van der Waals surface area contributed by atoms with Crippen molar-refractivity contribution in [2.75, 3.05) is 12.4 Å². The fourth-order valence-corrected chi connectivity index (χ4v) is 3.25. The van der Waals surface area contributed by atoms with Crippen molar-refractivity contribution in [3.05, 3.63) is 100 Å². The molecular weight excluding hydrogens is 382 g/mol. The fraction of sp³-hybridized carbons (Fsp3) is 0.174. The third-order valence-electron chi connectivity index (χ3n) is 4.87. The second-order valence-corrected chi connectivity index (χ2v) is 6.91. The van der Waals surface area contributed by atoms with Crippen LogP contribution in [0.25, 0.3) is 0 Å². The van der Waals surface area contributed by atoms with Gasteiger partial charge in [-0.1, -0.05) is 60.7 Å². The van der Waals surface area contributed by atoms with Gasteiger partial charge in [-0.25, -0.2) is 0 Å². The largest absolute Gasteiger partial charge is 0.496 e. The number of nitrogens with zero attached hydrogens (tertiary/aromatic N) is 1. The average Bonchev–Trinajstić information content (AvgIpc) is 2.78. The van der Waals surface area contributed by atoms with Gasteiger partial charge in [-0.3, -0.25) is 14.9 Å². The number of benzene rings is 3. The van der Waals surface area contributed by atoms with E-state index < -0.39 is 11.0 Å². The second-order valence-electron chi connectivity index (χ2n) is 6.91. The maximum absolute atomic E-state index is 12.8. The van der Waals surface area contributed by atoms with Crippen LogP contribution in [0.15, 0.2) is 78.9 Å². The number of hydrogen-bond donors (Lipinski definition) is 2. The molecular formula is C23H24N3O4+. The van der Waals surface area contributed by atoms with Crippen LogP contribution in [0.4, 0.5) is 11.4 Å². The van der Waals surface area contributed by atoms with Gasteiger partial charge in [0.15, 0.2) is 6.04 Å². The fourth-order valence-electron chi connectivity index (χ4n) is 3.25. The Morgan fingerprint density at radius 3 is 2.07 bits per heavy atom. The molecule has 7 nitrogen and oxygen atoms in total. The van der Waals surface area contributed by atoms with Crippen LogP contribution in [0.3, 0.4) is 0 Å². The molecule has 3 aromatic carbocycles. The smallest absolute Gasteiger partial charge is 0.296 e. The van der Waals surface area contributed by atoms with Gasteiger partial charge in [0.05, 0.1) is 18.1 Å². The Morgan fingerprint density at radius 1 is 1.00 bits per heavy atom. The zero-order valence-electron chi connectivity index (χ0n) is 16.8. The van der Waals surface area contributed by atoms with E-state index in [1.807, 2.05) is 66.0 Å². The lowest BCUT2D eigenvalue weighted by atomic mass is 9.98. The maximum atomic E-state index is 12.8. The lowest BCUT2D eigenvalue weighted by Crippen LogP contribution is -2.92. The first-order valence-corrected chi connectivity index (χ1v) is 9.57. The van der Waals surface area contributed by atoms with E-state index in [9.17, 15) is 14.9 Å². The number of methoxy groups -OCH3 is 1. The Balaban J connectivity index is 1.81. The maximum Gasteiger partial charge on any atom is 0.296 e. The van der Waals surface area contributed by atoms with Crippen LogP contribution < -0.4 is 15.4 Å². The number of anilines is 1. The van der Waals surface area contributed by atoms with Crippen molar-refractivity contribution in [2.24, 2.45) is 0 Å². The minimum atomic E-state index is -0.538. The Labute approximate surface area is 174 Å². The molecule has 0 aliphatic carbocycles. The number of nitrogens with one attached hydrogen (secondary N) is 1. The molecule has 154 valence electrons. The van der Waals surface area contributed by atoms with Crippen LogP contribution in [0.2, 0.25) is 0 Å². The zero-order chi connectivity index (χ0) is 21.5. The van der Waals surface area contributed by atoms with E-state index >= 15 is 0 Å². The predicted molar refractivity (Wildman–Crippen MR) is 114 cm³/mol. The van der Waals surface area contributed by atoms with E-state index in [4.69, 9.17) is 4.74 Å². The highest BCUT2D eigenvalue weighted by Gasteiger charge is 2.26. The molecule has 0 radical (unpaired) electrons. The lowest BCUT2D eigenvalue weighted by Gasteiger charge is -2.20. The summed E-state index contributed by atoms with van der Waals surface area (Å²) in [5.74, 6) is 0.0349. The second kappa shape index (κ2) is 9.67. The first kappa shape index (κ1) is 21.0. The number of rotatable bonds is 8.